The van der Waals surface area contributed by atoms with Crippen LogP contribution in [-0.4, -0.2) is 35.3 Å². The van der Waals surface area contributed by atoms with Crippen molar-refractivity contribution in [1.29, 1.82) is 0 Å². The van der Waals surface area contributed by atoms with Gasteiger partial charge in [-0.1, -0.05) is 19.1 Å². The molecule has 0 saturated heterocycles. The van der Waals surface area contributed by atoms with E-state index in [1.165, 1.54) is 0 Å². The van der Waals surface area contributed by atoms with Crippen molar-refractivity contribution in [3.8, 4) is 5.75 Å². The molecule has 0 aliphatic heterocycles. The lowest BCUT2D eigenvalue weighted by Gasteiger charge is -2.12. The lowest BCUT2D eigenvalue weighted by Crippen LogP contribution is -2.21. The number of Topliss-reactive ketones (excluding diaryl/α,β-unsaturated/α-hetero) is 1. The second-order valence-electron chi connectivity index (χ2n) is 3.42. The molecule has 1 aromatic carbocycles. The highest BCUT2D eigenvalue weighted by atomic mass is 16.5. The molecule has 0 aliphatic carbocycles. The molecule has 0 saturated carbocycles. The maximum Gasteiger partial charge on any atom is 0.166 e. The molecular weight excluding hydrogens is 208 g/mol. The first-order valence-electron chi connectivity index (χ1n) is 5.23. The summed E-state index contributed by atoms with van der Waals surface area (Å²) < 4.78 is 5.28. The Morgan fingerprint density at radius 1 is 1.44 bits per heavy atom. The molecule has 0 amide bonds. The maximum absolute atomic E-state index is 11.6. The quantitative estimate of drug-likeness (QED) is 0.708. The molecule has 0 heterocycles. The van der Waals surface area contributed by atoms with Gasteiger partial charge in [-0.3, -0.25) is 4.79 Å². The van der Waals surface area contributed by atoms with E-state index < -0.39 is 6.10 Å². The van der Waals surface area contributed by atoms with E-state index >= 15 is 0 Å². The van der Waals surface area contributed by atoms with E-state index in [1.807, 2.05) is 0 Å². The summed E-state index contributed by atoms with van der Waals surface area (Å²) in [6.07, 6.45) is -0.520. The van der Waals surface area contributed by atoms with E-state index in [-0.39, 0.29) is 19.0 Å². The number of aliphatic hydroxyl groups excluding tert-OH is 2. The third-order valence-corrected chi connectivity index (χ3v) is 2.15. The highest BCUT2D eigenvalue weighted by Gasteiger charge is 2.11. The number of carbonyl (C=O) groups is 1. The Balaban J connectivity index is 2.75. The third kappa shape index (κ3) is 3.32. The summed E-state index contributed by atoms with van der Waals surface area (Å²) in [5.41, 5.74) is 0.509. The Bertz CT molecular complexity index is 349. The molecule has 4 nitrogen and oxygen atoms in total. The fourth-order valence-electron chi connectivity index (χ4n) is 1.25. The molecule has 4 heteroatoms. The minimum absolute atomic E-state index is 0.00547. The fourth-order valence-corrected chi connectivity index (χ4v) is 1.25. The van der Waals surface area contributed by atoms with Gasteiger partial charge in [0.05, 0.1) is 12.2 Å². The predicted molar refractivity (Wildman–Crippen MR) is 59.7 cm³/mol. The molecule has 16 heavy (non-hydrogen) atoms. The van der Waals surface area contributed by atoms with Gasteiger partial charge < -0.3 is 14.9 Å². The molecule has 88 valence electrons. The number of para-hydroxylation sites is 1. The summed E-state index contributed by atoms with van der Waals surface area (Å²) in [7, 11) is 0. The number of ether oxygens (including phenoxy) is 1. The Morgan fingerprint density at radius 3 is 2.75 bits per heavy atom. The summed E-state index contributed by atoms with van der Waals surface area (Å²) in [4.78, 5) is 11.6. The van der Waals surface area contributed by atoms with Gasteiger partial charge >= 0.3 is 0 Å². The van der Waals surface area contributed by atoms with Crippen LogP contribution in [0.5, 0.6) is 5.75 Å². The first-order valence-corrected chi connectivity index (χ1v) is 5.23. The highest BCUT2D eigenvalue weighted by Crippen LogP contribution is 2.19. The van der Waals surface area contributed by atoms with Crippen LogP contribution < -0.4 is 4.74 Å². The van der Waals surface area contributed by atoms with E-state index in [0.29, 0.717) is 17.7 Å². The van der Waals surface area contributed by atoms with E-state index in [0.717, 1.165) is 0 Å². The van der Waals surface area contributed by atoms with Crippen LogP contribution in [0.3, 0.4) is 0 Å². The van der Waals surface area contributed by atoms with Crippen molar-refractivity contribution in [2.45, 2.75) is 19.4 Å². The molecule has 0 bridgehead atoms. The van der Waals surface area contributed by atoms with Gasteiger partial charge in [-0.05, 0) is 12.1 Å². The second-order valence-corrected chi connectivity index (χ2v) is 3.42. The van der Waals surface area contributed by atoms with Gasteiger partial charge in [0.2, 0.25) is 0 Å². The van der Waals surface area contributed by atoms with Crippen LogP contribution in [0.25, 0.3) is 0 Å². The summed E-state index contributed by atoms with van der Waals surface area (Å²) in [6, 6.07) is 6.88. The lowest BCUT2D eigenvalue weighted by atomic mass is 10.1. The molecule has 0 aromatic heterocycles. The molecule has 1 aromatic rings. The van der Waals surface area contributed by atoms with E-state index in [4.69, 9.17) is 14.9 Å². The molecule has 0 spiro atoms. The van der Waals surface area contributed by atoms with Gasteiger partial charge in [-0.15, -0.1) is 0 Å². The van der Waals surface area contributed by atoms with Gasteiger partial charge in [0.1, 0.15) is 18.5 Å². The SMILES string of the molecule is CCC(=O)c1ccccc1OCC(O)CO. The molecule has 1 unspecified atom stereocenters. The Hall–Kier alpha value is -1.39. The molecule has 1 atom stereocenters. The number of ketones is 1. The van der Waals surface area contributed by atoms with Crippen molar-refractivity contribution in [3.05, 3.63) is 29.8 Å². The van der Waals surface area contributed by atoms with Crippen LogP contribution >= 0.6 is 0 Å². The number of hydrogen-bond donors (Lipinski definition) is 2. The summed E-state index contributed by atoms with van der Waals surface area (Å²) in [5, 5.41) is 17.8. The molecule has 1 rings (SSSR count). The van der Waals surface area contributed by atoms with Crippen LogP contribution in [0.4, 0.5) is 0 Å². The number of carbonyl (C=O) groups excluding carboxylic acids is 1. The Labute approximate surface area is 94.5 Å². The average molecular weight is 224 g/mol. The van der Waals surface area contributed by atoms with Crippen LogP contribution in [0.1, 0.15) is 23.7 Å². The van der Waals surface area contributed by atoms with Crippen LogP contribution in [0.2, 0.25) is 0 Å². The van der Waals surface area contributed by atoms with Gasteiger partial charge in [-0.2, -0.15) is 0 Å². The molecular formula is C12H16O4. The largest absolute Gasteiger partial charge is 0.490 e. The minimum atomic E-state index is -0.926. The number of aliphatic hydroxyl groups is 2. The smallest absolute Gasteiger partial charge is 0.166 e. The van der Waals surface area contributed by atoms with Crippen molar-refractivity contribution in [3.63, 3.8) is 0 Å². The fraction of sp³-hybridized carbons (Fsp3) is 0.417. The third-order valence-electron chi connectivity index (χ3n) is 2.15. The van der Waals surface area contributed by atoms with Gasteiger partial charge in [0.15, 0.2) is 5.78 Å². The molecule has 2 N–H and O–H groups in total. The van der Waals surface area contributed by atoms with E-state index in [9.17, 15) is 4.79 Å². The summed E-state index contributed by atoms with van der Waals surface area (Å²) >= 11 is 0. The first-order chi connectivity index (χ1) is 7.69. The first kappa shape index (κ1) is 12.7. The molecule has 0 aliphatic rings. The Morgan fingerprint density at radius 2 is 2.12 bits per heavy atom. The standard InChI is InChI=1S/C12H16O4/c1-2-11(15)10-5-3-4-6-12(10)16-8-9(14)7-13/h3-6,9,13-14H,2,7-8H2,1H3. The van der Waals surface area contributed by atoms with E-state index in [2.05, 4.69) is 0 Å². The number of rotatable bonds is 6. The zero-order valence-electron chi connectivity index (χ0n) is 9.22. The predicted octanol–water partition coefficient (Wildman–Crippen LogP) is 1.01. The summed E-state index contributed by atoms with van der Waals surface area (Å²) in [6.45, 7) is 1.40. The number of benzene rings is 1. The van der Waals surface area contributed by atoms with Crippen molar-refractivity contribution in [1.82, 2.24) is 0 Å². The second kappa shape index (κ2) is 6.25. The monoisotopic (exact) mass is 224 g/mol. The maximum atomic E-state index is 11.6. The zero-order chi connectivity index (χ0) is 12.0. The van der Waals surface area contributed by atoms with Crippen LogP contribution in [0, 0.1) is 0 Å². The highest BCUT2D eigenvalue weighted by molar-refractivity contribution is 5.98. The average Bonchev–Trinajstić information content (AvgIpc) is 2.35. The normalized spacial score (nSPS) is 12.2. The van der Waals surface area contributed by atoms with Gasteiger partial charge in [0.25, 0.3) is 0 Å². The van der Waals surface area contributed by atoms with Gasteiger partial charge in [0, 0.05) is 6.42 Å². The van der Waals surface area contributed by atoms with Crippen molar-refractivity contribution in [2.24, 2.45) is 0 Å². The zero-order valence-corrected chi connectivity index (χ0v) is 9.22. The van der Waals surface area contributed by atoms with E-state index in [1.54, 1.807) is 31.2 Å². The van der Waals surface area contributed by atoms with Crippen LogP contribution in [-0.2, 0) is 0 Å². The van der Waals surface area contributed by atoms with Crippen molar-refractivity contribution in [2.75, 3.05) is 13.2 Å². The number of hydrogen-bond acceptors (Lipinski definition) is 4. The Kier molecular flexibility index (Phi) is 4.95. The molecule has 0 fully saturated rings. The van der Waals surface area contributed by atoms with Crippen LogP contribution in [0.15, 0.2) is 24.3 Å². The molecule has 0 radical (unpaired) electrons. The summed E-state index contributed by atoms with van der Waals surface area (Å²) in [5.74, 6) is 0.441. The van der Waals surface area contributed by atoms with Gasteiger partial charge in [-0.25, -0.2) is 0 Å². The van der Waals surface area contributed by atoms with Crippen molar-refractivity contribution < 1.29 is 19.7 Å². The minimum Gasteiger partial charge on any atom is -0.490 e. The lowest BCUT2D eigenvalue weighted by molar-refractivity contribution is 0.0531. The van der Waals surface area contributed by atoms with Crippen molar-refractivity contribution >= 4 is 5.78 Å². The topological polar surface area (TPSA) is 66.8 Å².